The van der Waals surface area contributed by atoms with E-state index in [-0.39, 0.29) is 23.8 Å². The molecule has 26 heavy (non-hydrogen) atoms. The highest BCUT2D eigenvalue weighted by Gasteiger charge is 2.33. The average molecular weight is 362 g/mol. The maximum absolute atomic E-state index is 12.9. The van der Waals surface area contributed by atoms with Gasteiger partial charge in [0, 0.05) is 37.0 Å². The van der Waals surface area contributed by atoms with Gasteiger partial charge in [0.15, 0.2) is 5.78 Å². The van der Waals surface area contributed by atoms with Crippen LogP contribution in [0.3, 0.4) is 0 Å². The molecule has 1 aromatic heterocycles. The summed E-state index contributed by atoms with van der Waals surface area (Å²) in [6, 6.07) is 7.74. The van der Waals surface area contributed by atoms with Gasteiger partial charge in [-0.05, 0) is 37.1 Å². The van der Waals surface area contributed by atoms with Crippen LogP contribution in [0, 0.1) is 5.92 Å². The summed E-state index contributed by atoms with van der Waals surface area (Å²) < 4.78 is 38.6. The molecule has 1 aliphatic heterocycles. The number of halogens is 3. The molecule has 2 heterocycles. The lowest BCUT2D eigenvalue weighted by Gasteiger charge is -2.32. The van der Waals surface area contributed by atoms with Crippen molar-refractivity contribution in [2.24, 2.45) is 5.92 Å². The Labute approximate surface area is 148 Å². The Morgan fingerprint density at radius 3 is 2.58 bits per heavy atom. The topological polar surface area (TPSA) is 50.3 Å². The molecular formula is C19H17F3N2O2. The van der Waals surface area contributed by atoms with Crippen molar-refractivity contribution in [1.82, 2.24) is 9.88 Å². The van der Waals surface area contributed by atoms with Crippen molar-refractivity contribution in [1.29, 1.82) is 0 Å². The third-order valence-corrected chi connectivity index (χ3v) is 4.46. The number of rotatable bonds is 3. The third-order valence-electron chi connectivity index (χ3n) is 4.46. The van der Waals surface area contributed by atoms with Crippen LogP contribution in [0.15, 0.2) is 48.8 Å². The normalized spacial score (nSPS) is 17.8. The Hall–Kier alpha value is -2.70. The van der Waals surface area contributed by atoms with Gasteiger partial charge in [0.1, 0.15) is 0 Å². The first kappa shape index (κ1) is 18.1. The first-order valence-electron chi connectivity index (χ1n) is 8.27. The van der Waals surface area contributed by atoms with Gasteiger partial charge in [-0.2, -0.15) is 13.2 Å². The fourth-order valence-electron chi connectivity index (χ4n) is 3.13. The van der Waals surface area contributed by atoms with Crippen molar-refractivity contribution in [2.45, 2.75) is 19.0 Å². The summed E-state index contributed by atoms with van der Waals surface area (Å²) in [5, 5.41) is 0. The van der Waals surface area contributed by atoms with E-state index in [0.717, 1.165) is 12.1 Å². The van der Waals surface area contributed by atoms with Crippen LogP contribution < -0.4 is 0 Å². The van der Waals surface area contributed by atoms with Gasteiger partial charge in [-0.25, -0.2) is 0 Å². The van der Waals surface area contributed by atoms with Crippen LogP contribution >= 0.6 is 0 Å². The molecule has 0 aliphatic carbocycles. The molecule has 0 saturated carbocycles. The van der Waals surface area contributed by atoms with Crippen LogP contribution in [0.5, 0.6) is 0 Å². The molecule has 7 heteroatoms. The molecule has 1 aliphatic rings. The molecule has 4 nitrogen and oxygen atoms in total. The van der Waals surface area contributed by atoms with Gasteiger partial charge in [-0.15, -0.1) is 0 Å². The van der Waals surface area contributed by atoms with Gasteiger partial charge < -0.3 is 4.90 Å². The summed E-state index contributed by atoms with van der Waals surface area (Å²) >= 11 is 0. The van der Waals surface area contributed by atoms with Crippen LogP contribution in [-0.2, 0) is 6.18 Å². The highest BCUT2D eigenvalue weighted by atomic mass is 19.4. The number of hydrogen-bond donors (Lipinski definition) is 0. The maximum atomic E-state index is 12.9. The number of Topliss-reactive ketones (excluding diaryl/α,β-unsaturated/α-hetero) is 1. The van der Waals surface area contributed by atoms with E-state index >= 15 is 0 Å². The molecule has 2 aromatic rings. The summed E-state index contributed by atoms with van der Waals surface area (Å²) in [4.78, 5) is 30.7. The fraction of sp³-hybridized carbons (Fsp3) is 0.316. The molecule has 0 N–H and O–H groups in total. The highest BCUT2D eigenvalue weighted by Crippen LogP contribution is 2.31. The largest absolute Gasteiger partial charge is 0.416 e. The minimum absolute atomic E-state index is 0.0282. The minimum Gasteiger partial charge on any atom is -0.338 e. The van der Waals surface area contributed by atoms with Crippen molar-refractivity contribution in [3.63, 3.8) is 0 Å². The number of ketones is 1. The number of carbonyl (C=O) groups excluding carboxylic acids is 2. The van der Waals surface area contributed by atoms with Gasteiger partial charge in [0.05, 0.1) is 11.1 Å². The van der Waals surface area contributed by atoms with E-state index in [2.05, 4.69) is 4.98 Å². The molecule has 1 unspecified atom stereocenters. The monoisotopic (exact) mass is 362 g/mol. The van der Waals surface area contributed by atoms with Crippen LogP contribution in [0.2, 0.25) is 0 Å². The van der Waals surface area contributed by atoms with Gasteiger partial charge in [0.2, 0.25) is 0 Å². The lowest BCUT2D eigenvalue weighted by Crippen LogP contribution is -2.42. The molecule has 1 fully saturated rings. The van der Waals surface area contributed by atoms with Gasteiger partial charge in [-0.3, -0.25) is 14.6 Å². The molecule has 3 rings (SSSR count). The fourth-order valence-corrected chi connectivity index (χ4v) is 3.13. The molecule has 0 radical (unpaired) electrons. The van der Waals surface area contributed by atoms with Crippen LogP contribution in [-0.4, -0.2) is 34.7 Å². The molecule has 136 valence electrons. The van der Waals surface area contributed by atoms with Gasteiger partial charge in [-0.1, -0.05) is 12.1 Å². The zero-order chi connectivity index (χ0) is 18.7. The zero-order valence-electron chi connectivity index (χ0n) is 13.9. The summed E-state index contributed by atoms with van der Waals surface area (Å²) in [5.41, 5.74) is -0.386. The second-order valence-electron chi connectivity index (χ2n) is 6.27. The van der Waals surface area contributed by atoms with E-state index in [1.54, 1.807) is 23.2 Å². The third kappa shape index (κ3) is 3.92. The smallest absolute Gasteiger partial charge is 0.338 e. The van der Waals surface area contributed by atoms with Crippen molar-refractivity contribution < 1.29 is 22.8 Å². The summed E-state index contributed by atoms with van der Waals surface area (Å²) in [6.07, 6.45) is -0.300. The Bertz CT molecular complexity index is 806. The second-order valence-corrected chi connectivity index (χ2v) is 6.27. The number of nitrogens with zero attached hydrogens (tertiary/aromatic N) is 2. The van der Waals surface area contributed by atoms with Gasteiger partial charge >= 0.3 is 6.18 Å². The van der Waals surface area contributed by atoms with Crippen molar-refractivity contribution in [2.75, 3.05) is 13.1 Å². The first-order valence-corrected chi connectivity index (χ1v) is 8.27. The molecule has 0 spiro atoms. The number of aromatic nitrogens is 1. The summed E-state index contributed by atoms with van der Waals surface area (Å²) in [7, 11) is 0. The minimum atomic E-state index is -4.49. The first-order chi connectivity index (χ1) is 12.4. The second kappa shape index (κ2) is 7.27. The van der Waals surface area contributed by atoms with Crippen molar-refractivity contribution in [3.8, 4) is 0 Å². The Kier molecular flexibility index (Phi) is 5.06. The van der Waals surface area contributed by atoms with Crippen molar-refractivity contribution >= 4 is 11.7 Å². The zero-order valence-corrected chi connectivity index (χ0v) is 13.9. The van der Waals surface area contributed by atoms with E-state index in [0.29, 0.717) is 24.9 Å². The number of hydrogen-bond acceptors (Lipinski definition) is 3. The standard InChI is InChI=1S/C19H17F3N2O2/c20-19(21,22)16-7-1-4-13(10-16)17(25)15-6-3-9-24(12-15)18(26)14-5-2-8-23-11-14/h1-2,4-5,7-8,10-11,15H,3,6,9,12H2. The Morgan fingerprint density at radius 2 is 1.88 bits per heavy atom. The van der Waals surface area contributed by atoms with Crippen LogP contribution in [0.1, 0.15) is 39.1 Å². The predicted octanol–water partition coefficient (Wildman–Crippen LogP) is 3.84. The molecule has 1 saturated heterocycles. The SMILES string of the molecule is O=C(c1cccc(C(F)(F)F)c1)C1CCCN(C(=O)c2cccnc2)C1. The molecule has 1 atom stereocenters. The number of benzene rings is 1. The van der Waals surface area contributed by atoms with Crippen LogP contribution in [0.4, 0.5) is 13.2 Å². The Morgan fingerprint density at radius 1 is 1.12 bits per heavy atom. The number of likely N-dealkylation sites (tertiary alicyclic amines) is 1. The quantitative estimate of drug-likeness (QED) is 0.780. The summed E-state index contributed by atoms with van der Waals surface area (Å²) in [6.45, 7) is 0.711. The predicted molar refractivity (Wildman–Crippen MR) is 88.6 cm³/mol. The van der Waals surface area contributed by atoms with Crippen LogP contribution in [0.25, 0.3) is 0 Å². The number of pyridine rings is 1. The number of piperidine rings is 1. The Balaban J connectivity index is 1.75. The number of alkyl halides is 3. The summed E-state index contributed by atoms with van der Waals surface area (Å²) in [5.74, 6) is -1.09. The van der Waals surface area contributed by atoms with Gasteiger partial charge in [0.25, 0.3) is 5.91 Å². The van der Waals surface area contributed by atoms with E-state index in [9.17, 15) is 22.8 Å². The lowest BCUT2D eigenvalue weighted by atomic mass is 9.89. The molecule has 1 amide bonds. The number of carbonyl (C=O) groups is 2. The maximum Gasteiger partial charge on any atom is 0.416 e. The molecule has 1 aromatic carbocycles. The average Bonchev–Trinajstić information content (AvgIpc) is 2.67. The van der Waals surface area contributed by atoms with E-state index < -0.39 is 17.7 Å². The highest BCUT2D eigenvalue weighted by molar-refractivity contribution is 5.99. The van der Waals surface area contributed by atoms with E-state index in [4.69, 9.17) is 0 Å². The number of amides is 1. The van der Waals surface area contributed by atoms with E-state index in [1.807, 2.05) is 0 Å². The molecule has 0 bridgehead atoms. The lowest BCUT2D eigenvalue weighted by molar-refractivity contribution is -0.137. The van der Waals surface area contributed by atoms with E-state index in [1.165, 1.54) is 18.3 Å². The van der Waals surface area contributed by atoms with Crippen molar-refractivity contribution in [3.05, 3.63) is 65.5 Å². The molecular weight excluding hydrogens is 345 g/mol.